The molecule has 2 saturated heterocycles. The number of nitrogen functional groups attached to an aromatic ring is 1. The summed E-state index contributed by atoms with van der Waals surface area (Å²) in [6, 6.07) is 11.3. The van der Waals surface area contributed by atoms with Crippen LogP contribution >= 0.6 is 0 Å². The number of aliphatic hydroxyl groups excluding tert-OH is 1. The Morgan fingerprint density at radius 2 is 1.97 bits per heavy atom. The minimum Gasteiger partial charge on any atom is -0.396 e. The highest BCUT2D eigenvalue weighted by Crippen LogP contribution is 2.70. The number of hydrogen-bond acceptors (Lipinski definition) is 6. The molecule has 3 saturated carbocycles. The van der Waals surface area contributed by atoms with E-state index in [4.69, 9.17) is 10.5 Å². The van der Waals surface area contributed by atoms with Crippen molar-refractivity contribution in [1.82, 2.24) is 15.2 Å². The maximum Gasteiger partial charge on any atom is 0.255 e. The van der Waals surface area contributed by atoms with E-state index in [1.54, 1.807) is 6.20 Å². The number of anilines is 1. The first kappa shape index (κ1) is 23.4. The molecule has 1 aromatic heterocycles. The van der Waals surface area contributed by atoms with Gasteiger partial charge in [0.1, 0.15) is 5.82 Å². The number of benzene rings is 1. The summed E-state index contributed by atoms with van der Waals surface area (Å²) in [6.07, 6.45) is 10.4. The number of rotatable bonds is 6. The Labute approximate surface area is 218 Å². The van der Waals surface area contributed by atoms with E-state index in [-0.39, 0.29) is 40.6 Å². The number of amides is 1. The van der Waals surface area contributed by atoms with E-state index in [0.717, 1.165) is 63.1 Å². The maximum atomic E-state index is 13.2. The molecule has 1 aromatic carbocycles. The summed E-state index contributed by atoms with van der Waals surface area (Å²) in [4.78, 5) is 20.2. The van der Waals surface area contributed by atoms with E-state index >= 15 is 0 Å². The molecule has 6 aliphatic rings. The average molecular weight is 501 g/mol. The zero-order valence-corrected chi connectivity index (χ0v) is 21.5. The summed E-state index contributed by atoms with van der Waals surface area (Å²) in [6.45, 7) is 6.25. The number of hydrogen-bond donors (Lipinski definition) is 3. The molecule has 0 unspecified atom stereocenters. The van der Waals surface area contributed by atoms with Crippen molar-refractivity contribution in [2.24, 2.45) is 17.3 Å². The summed E-state index contributed by atoms with van der Waals surface area (Å²) in [5.74, 6) is 0.913. The number of aromatic nitrogens is 1. The first-order valence-electron chi connectivity index (χ1n) is 13.7. The zero-order valence-electron chi connectivity index (χ0n) is 21.5. The second-order valence-corrected chi connectivity index (χ2v) is 12.2. The van der Waals surface area contributed by atoms with Gasteiger partial charge in [-0.25, -0.2) is 4.98 Å². The molecule has 1 amide bonds. The van der Waals surface area contributed by atoms with Crippen LogP contribution in [0.2, 0.25) is 0 Å². The highest BCUT2D eigenvalue weighted by atomic mass is 16.5. The van der Waals surface area contributed by atoms with Crippen LogP contribution in [0.5, 0.6) is 0 Å². The number of nitrogens with zero attached hydrogens (tertiary/aromatic N) is 2. The summed E-state index contributed by atoms with van der Waals surface area (Å²) < 4.78 is 5.58. The third-order valence-electron chi connectivity index (χ3n) is 10.6. The van der Waals surface area contributed by atoms with Gasteiger partial charge in [-0.05, 0) is 48.8 Å². The second-order valence-electron chi connectivity index (χ2n) is 12.2. The lowest BCUT2D eigenvalue weighted by Crippen LogP contribution is -2.81. The molecule has 4 N–H and O–H groups in total. The van der Waals surface area contributed by atoms with Gasteiger partial charge in [0.25, 0.3) is 5.91 Å². The smallest absolute Gasteiger partial charge is 0.255 e. The van der Waals surface area contributed by atoms with Crippen LogP contribution in [0.3, 0.4) is 0 Å². The fourth-order valence-electron chi connectivity index (χ4n) is 7.91. The molecule has 2 aliphatic heterocycles. The molecule has 0 radical (unpaired) electrons. The summed E-state index contributed by atoms with van der Waals surface area (Å²) in [5, 5.41) is 12.9. The van der Waals surface area contributed by atoms with Crippen LogP contribution in [0.1, 0.15) is 48.5 Å². The first-order valence-corrected chi connectivity index (χ1v) is 13.7. The van der Waals surface area contributed by atoms with Gasteiger partial charge in [0.2, 0.25) is 0 Å². The number of carbonyl (C=O) groups excluding carboxylic acids is 1. The number of likely N-dealkylation sites (tertiary alicyclic amines) is 1. The highest BCUT2D eigenvalue weighted by molar-refractivity contribution is 6.00. The Balaban J connectivity index is 1.08. The number of nitrogens with one attached hydrogen (secondary N) is 1. The van der Waals surface area contributed by atoms with Gasteiger partial charge < -0.3 is 20.9 Å². The molecule has 7 heteroatoms. The monoisotopic (exact) mass is 500 g/mol. The molecule has 0 spiro atoms. The van der Waals surface area contributed by atoms with Crippen molar-refractivity contribution in [1.29, 1.82) is 0 Å². The number of pyridine rings is 1. The predicted octanol–water partition coefficient (Wildman–Crippen LogP) is 3.14. The Kier molecular flexibility index (Phi) is 5.14. The van der Waals surface area contributed by atoms with Crippen LogP contribution in [-0.2, 0) is 10.2 Å². The van der Waals surface area contributed by atoms with Crippen molar-refractivity contribution in [3.63, 3.8) is 0 Å². The lowest BCUT2D eigenvalue weighted by Gasteiger charge is -2.75. The van der Waals surface area contributed by atoms with Gasteiger partial charge >= 0.3 is 0 Å². The Hall–Kier alpha value is -2.74. The van der Waals surface area contributed by atoms with Gasteiger partial charge in [-0.3, -0.25) is 9.69 Å². The van der Waals surface area contributed by atoms with Gasteiger partial charge in [-0.2, -0.15) is 0 Å². The molecule has 5 fully saturated rings. The number of nitrogens with two attached hydrogens (primary N) is 1. The van der Waals surface area contributed by atoms with Crippen LogP contribution < -0.4 is 11.1 Å². The topological polar surface area (TPSA) is 101 Å². The number of ether oxygens (including phenoxy) is 1. The van der Waals surface area contributed by atoms with Gasteiger partial charge in [-0.15, -0.1) is 0 Å². The molecule has 4 aliphatic carbocycles. The first-order chi connectivity index (χ1) is 17.9. The minimum atomic E-state index is -0.212. The van der Waals surface area contributed by atoms with E-state index in [2.05, 4.69) is 58.5 Å². The van der Waals surface area contributed by atoms with Crippen molar-refractivity contribution < 1.29 is 14.6 Å². The summed E-state index contributed by atoms with van der Waals surface area (Å²) in [7, 11) is 0. The summed E-state index contributed by atoms with van der Waals surface area (Å²) in [5.41, 5.74) is 9.71. The van der Waals surface area contributed by atoms with Crippen molar-refractivity contribution in [2.45, 2.75) is 49.6 Å². The molecule has 37 heavy (non-hydrogen) atoms. The quantitative estimate of drug-likeness (QED) is 0.527. The molecule has 194 valence electrons. The Morgan fingerprint density at radius 1 is 1.22 bits per heavy atom. The standard InChI is InChI=1S/C30H36N4O3/c1-19-28(18-35)15-30(19,16-28)33-27(36)25-12-21(13-32-26(25)31)20-2-4-22(5-3-20)29-9-6-23(29)14-34(17-29)24-7-10-37-11-8-24/h2-6,9,12-13,19,23-24,35H,7-8,10-11,14-18H2,1H3,(H2,31,32)(H,33,36)/t19-,23-,28?,29+,30?/m1/s1. The van der Waals surface area contributed by atoms with Crippen molar-refractivity contribution in [3.8, 4) is 11.1 Å². The van der Waals surface area contributed by atoms with E-state index in [1.807, 2.05) is 6.07 Å². The predicted molar refractivity (Wildman–Crippen MR) is 142 cm³/mol. The molecule has 2 aromatic rings. The molecular formula is C30H36N4O3. The van der Waals surface area contributed by atoms with E-state index < -0.39 is 0 Å². The number of aliphatic hydroxyl groups is 1. The highest BCUT2D eigenvalue weighted by Gasteiger charge is 2.73. The second kappa shape index (κ2) is 8.13. The van der Waals surface area contributed by atoms with Gasteiger partial charge in [-0.1, -0.05) is 43.3 Å². The fraction of sp³-hybridized carbons (Fsp3) is 0.533. The van der Waals surface area contributed by atoms with E-state index in [9.17, 15) is 9.90 Å². The van der Waals surface area contributed by atoms with E-state index in [1.165, 1.54) is 5.56 Å². The Bertz CT molecular complexity index is 1260. The van der Waals surface area contributed by atoms with Crippen molar-refractivity contribution >= 4 is 11.7 Å². The van der Waals surface area contributed by atoms with Crippen LogP contribution in [-0.4, -0.2) is 65.4 Å². The fourth-order valence-corrected chi connectivity index (χ4v) is 7.91. The van der Waals surface area contributed by atoms with Crippen LogP contribution in [0.25, 0.3) is 11.1 Å². The van der Waals surface area contributed by atoms with Crippen molar-refractivity contribution in [3.05, 3.63) is 59.8 Å². The van der Waals surface area contributed by atoms with E-state index in [0.29, 0.717) is 17.5 Å². The average Bonchev–Trinajstić information content (AvgIpc) is 3.17. The third kappa shape index (κ3) is 3.30. The SMILES string of the molecule is C[C@@H]1C2(CO)CC1(NC(=O)c1cc(-c3ccc([C@@]45C=C[C@@H]4CN(C4CCOCC4)C5)cc3)cnc1N)C2. The van der Waals surface area contributed by atoms with Gasteiger partial charge in [0.05, 0.1) is 5.56 Å². The largest absolute Gasteiger partial charge is 0.396 e. The lowest BCUT2D eigenvalue weighted by molar-refractivity contribution is -0.234. The molecule has 2 bridgehead atoms. The molecular weight excluding hydrogens is 464 g/mol. The van der Waals surface area contributed by atoms with Crippen molar-refractivity contribution in [2.75, 3.05) is 38.6 Å². The molecule has 7 nitrogen and oxygen atoms in total. The molecule has 8 rings (SSSR count). The van der Waals surface area contributed by atoms with Crippen LogP contribution in [0.4, 0.5) is 5.82 Å². The molecule has 3 atom stereocenters. The molecule has 3 heterocycles. The maximum absolute atomic E-state index is 13.2. The normalized spacial score (nSPS) is 36.3. The minimum absolute atomic E-state index is 0.00399. The van der Waals surface area contributed by atoms with Gasteiger partial charge in [0.15, 0.2) is 0 Å². The third-order valence-corrected chi connectivity index (χ3v) is 10.6. The summed E-state index contributed by atoms with van der Waals surface area (Å²) >= 11 is 0. The number of carbonyl (C=O) groups is 1. The Morgan fingerprint density at radius 3 is 2.62 bits per heavy atom. The van der Waals surface area contributed by atoms with Crippen LogP contribution in [0.15, 0.2) is 48.7 Å². The lowest BCUT2D eigenvalue weighted by atomic mass is 9.33. The zero-order chi connectivity index (χ0) is 25.4. The van der Waals surface area contributed by atoms with Crippen LogP contribution in [0, 0.1) is 17.3 Å². The number of fused-ring (bicyclic) bond motifs is 1. The van der Waals surface area contributed by atoms with Gasteiger partial charge in [0, 0.05) is 73.0 Å².